The molecule has 1 aliphatic carbocycles. The molecule has 2 N–H and O–H groups in total. The van der Waals surface area contributed by atoms with E-state index >= 15 is 0 Å². The number of rotatable bonds is 3. The number of terminal acetylenes is 1. The summed E-state index contributed by atoms with van der Waals surface area (Å²) in [6, 6.07) is -0.327. The van der Waals surface area contributed by atoms with Crippen LogP contribution >= 0.6 is 0 Å². The fourth-order valence-electron chi connectivity index (χ4n) is 2.32. The van der Waals surface area contributed by atoms with Crippen LogP contribution in [0.25, 0.3) is 0 Å². The van der Waals surface area contributed by atoms with Crippen LogP contribution in [0.2, 0.25) is 0 Å². The van der Waals surface area contributed by atoms with E-state index in [0.717, 1.165) is 18.7 Å². The first kappa shape index (κ1) is 12.1. The van der Waals surface area contributed by atoms with E-state index in [9.17, 15) is 0 Å². The van der Waals surface area contributed by atoms with Crippen LogP contribution in [0.15, 0.2) is 4.52 Å². The van der Waals surface area contributed by atoms with Crippen LogP contribution in [0.4, 0.5) is 0 Å². The van der Waals surface area contributed by atoms with Gasteiger partial charge in [0.1, 0.15) is 0 Å². The predicted molar refractivity (Wildman–Crippen MR) is 65.1 cm³/mol. The average Bonchev–Trinajstić information content (AvgIpc) is 2.66. The Morgan fingerprint density at radius 2 is 2.06 bits per heavy atom. The molecule has 0 saturated heterocycles. The Labute approximate surface area is 102 Å². The Bertz CT molecular complexity index is 386. The minimum atomic E-state index is -0.327. The van der Waals surface area contributed by atoms with Gasteiger partial charge in [0.25, 0.3) is 0 Å². The summed E-state index contributed by atoms with van der Waals surface area (Å²) in [5.41, 5.74) is 5.84. The lowest BCUT2D eigenvalue weighted by Crippen LogP contribution is -2.10. The average molecular weight is 233 g/mol. The molecule has 0 bridgehead atoms. The molecule has 17 heavy (non-hydrogen) atoms. The molecule has 0 radical (unpaired) electrons. The van der Waals surface area contributed by atoms with Crippen molar-refractivity contribution in [1.29, 1.82) is 0 Å². The van der Waals surface area contributed by atoms with Gasteiger partial charge in [-0.2, -0.15) is 4.98 Å². The molecule has 1 fully saturated rings. The third-order valence-electron chi connectivity index (χ3n) is 3.33. The summed E-state index contributed by atoms with van der Waals surface area (Å²) in [5.74, 6) is 4.24. The minimum Gasteiger partial charge on any atom is -0.338 e. The molecule has 1 aromatic rings. The molecule has 92 valence electrons. The Balaban J connectivity index is 2.04. The number of hydrogen-bond donors (Lipinski definition) is 1. The maximum atomic E-state index is 5.84. The third kappa shape index (κ3) is 3.07. The number of nitrogens with zero attached hydrogens (tertiary/aromatic N) is 2. The van der Waals surface area contributed by atoms with Gasteiger partial charge in [0.05, 0.1) is 6.04 Å². The molecule has 1 unspecified atom stereocenters. The second kappa shape index (κ2) is 5.83. The zero-order chi connectivity index (χ0) is 12.1. The van der Waals surface area contributed by atoms with Crippen molar-refractivity contribution in [3.63, 3.8) is 0 Å². The molecule has 0 spiro atoms. The molecule has 1 aliphatic rings. The molecule has 1 atom stereocenters. The largest absolute Gasteiger partial charge is 0.338 e. The van der Waals surface area contributed by atoms with Crippen molar-refractivity contribution in [1.82, 2.24) is 10.1 Å². The van der Waals surface area contributed by atoms with Gasteiger partial charge in [0, 0.05) is 12.3 Å². The molecule has 4 nitrogen and oxygen atoms in total. The summed E-state index contributed by atoms with van der Waals surface area (Å²) in [5, 5.41) is 4.05. The molecule has 1 heterocycles. The second-order valence-corrected chi connectivity index (χ2v) is 4.69. The highest BCUT2D eigenvalue weighted by molar-refractivity contribution is 5.01. The van der Waals surface area contributed by atoms with Crippen LogP contribution < -0.4 is 5.73 Å². The summed E-state index contributed by atoms with van der Waals surface area (Å²) >= 11 is 0. The highest BCUT2D eigenvalue weighted by atomic mass is 16.5. The summed E-state index contributed by atoms with van der Waals surface area (Å²) in [6.07, 6.45) is 13.1. The van der Waals surface area contributed by atoms with Gasteiger partial charge >= 0.3 is 0 Å². The SMILES string of the molecule is C#CCC(N)c1nc(C2CCCCCC2)no1. The Morgan fingerprint density at radius 3 is 2.71 bits per heavy atom. The first-order valence-corrected chi connectivity index (χ1v) is 6.34. The van der Waals surface area contributed by atoms with E-state index in [-0.39, 0.29) is 6.04 Å². The molecular formula is C13H19N3O. The second-order valence-electron chi connectivity index (χ2n) is 4.69. The van der Waals surface area contributed by atoms with Crippen LogP contribution in [-0.2, 0) is 0 Å². The highest BCUT2D eigenvalue weighted by Gasteiger charge is 2.21. The monoisotopic (exact) mass is 233 g/mol. The van der Waals surface area contributed by atoms with Gasteiger partial charge in [-0.1, -0.05) is 30.8 Å². The lowest BCUT2D eigenvalue weighted by Gasteiger charge is -2.07. The Hall–Kier alpha value is -1.34. The van der Waals surface area contributed by atoms with E-state index in [1.54, 1.807) is 0 Å². The van der Waals surface area contributed by atoms with E-state index in [2.05, 4.69) is 16.1 Å². The molecular weight excluding hydrogens is 214 g/mol. The van der Waals surface area contributed by atoms with E-state index in [4.69, 9.17) is 16.7 Å². The minimum absolute atomic E-state index is 0.327. The van der Waals surface area contributed by atoms with Crippen molar-refractivity contribution in [2.24, 2.45) is 5.73 Å². The van der Waals surface area contributed by atoms with Gasteiger partial charge in [-0.05, 0) is 12.8 Å². The molecule has 1 aromatic heterocycles. The summed E-state index contributed by atoms with van der Waals surface area (Å²) in [6.45, 7) is 0. The summed E-state index contributed by atoms with van der Waals surface area (Å²) in [7, 11) is 0. The molecule has 2 rings (SSSR count). The fourth-order valence-corrected chi connectivity index (χ4v) is 2.32. The first-order chi connectivity index (χ1) is 8.31. The lowest BCUT2D eigenvalue weighted by atomic mass is 10.00. The van der Waals surface area contributed by atoms with E-state index in [1.807, 2.05) is 0 Å². The molecule has 0 aromatic carbocycles. The van der Waals surface area contributed by atoms with Crippen LogP contribution in [0.3, 0.4) is 0 Å². The smallest absolute Gasteiger partial charge is 0.244 e. The van der Waals surface area contributed by atoms with Crippen molar-refractivity contribution in [2.75, 3.05) is 0 Å². The van der Waals surface area contributed by atoms with Gasteiger partial charge < -0.3 is 10.3 Å². The Morgan fingerprint density at radius 1 is 1.35 bits per heavy atom. The van der Waals surface area contributed by atoms with Gasteiger partial charge in [-0.15, -0.1) is 12.3 Å². The first-order valence-electron chi connectivity index (χ1n) is 6.34. The van der Waals surface area contributed by atoms with Crippen molar-refractivity contribution in [2.45, 2.75) is 56.9 Å². The van der Waals surface area contributed by atoms with Gasteiger partial charge in [-0.3, -0.25) is 0 Å². The zero-order valence-electron chi connectivity index (χ0n) is 10.1. The van der Waals surface area contributed by atoms with Crippen LogP contribution in [0.1, 0.15) is 68.6 Å². The summed E-state index contributed by atoms with van der Waals surface area (Å²) in [4.78, 5) is 4.40. The Kier molecular flexibility index (Phi) is 4.16. The number of aromatic nitrogens is 2. The van der Waals surface area contributed by atoms with Gasteiger partial charge in [0.15, 0.2) is 5.82 Å². The van der Waals surface area contributed by atoms with Crippen LogP contribution in [0.5, 0.6) is 0 Å². The van der Waals surface area contributed by atoms with Gasteiger partial charge in [-0.25, -0.2) is 0 Å². The standard InChI is InChI=1S/C13H19N3O/c1-2-7-11(14)13-15-12(16-17-13)10-8-5-3-4-6-9-10/h1,10-11H,3-9,14H2. The van der Waals surface area contributed by atoms with Gasteiger partial charge in [0.2, 0.25) is 5.89 Å². The normalized spacial score (nSPS) is 19.5. The topological polar surface area (TPSA) is 64.9 Å². The molecule has 0 aliphatic heterocycles. The van der Waals surface area contributed by atoms with E-state index in [0.29, 0.717) is 18.2 Å². The quantitative estimate of drug-likeness (QED) is 0.643. The number of hydrogen-bond acceptors (Lipinski definition) is 4. The van der Waals surface area contributed by atoms with Crippen molar-refractivity contribution in [3.8, 4) is 12.3 Å². The lowest BCUT2D eigenvalue weighted by molar-refractivity contribution is 0.348. The van der Waals surface area contributed by atoms with E-state index in [1.165, 1.54) is 25.7 Å². The predicted octanol–water partition coefficient (Wildman–Crippen LogP) is 2.53. The van der Waals surface area contributed by atoms with Crippen molar-refractivity contribution < 1.29 is 4.52 Å². The van der Waals surface area contributed by atoms with Crippen molar-refractivity contribution >= 4 is 0 Å². The number of nitrogens with two attached hydrogens (primary N) is 1. The summed E-state index contributed by atoms with van der Waals surface area (Å²) < 4.78 is 5.19. The van der Waals surface area contributed by atoms with Crippen LogP contribution in [0, 0.1) is 12.3 Å². The molecule has 4 heteroatoms. The molecule has 1 saturated carbocycles. The van der Waals surface area contributed by atoms with E-state index < -0.39 is 0 Å². The molecule has 0 amide bonds. The maximum absolute atomic E-state index is 5.84. The zero-order valence-corrected chi connectivity index (χ0v) is 10.1. The third-order valence-corrected chi connectivity index (χ3v) is 3.33. The highest BCUT2D eigenvalue weighted by Crippen LogP contribution is 2.30. The maximum Gasteiger partial charge on any atom is 0.244 e. The van der Waals surface area contributed by atoms with Crippen molar-refractivity contribution in [3.05, 3.63) is 11.7 Å². The van der Waals surface area contributed by atoms with Crippen LogP contribution in [-0.4, -0.2) is 10.1 Å². The fraction of sp³-hybridized carbons (Fsp3) is 0.692.